The topological polar surface area (TPSA) is 15.3 Å². The van der Waals surface area contributed by atoms with Gasteiger partial charge in [0.05, 0.1) is 0 Å². The van der Waals surface area contributed by atoms with Gasteiger partial charge in [0.15, 0.2) is 0 Å². The van der Waals surface area contributed by atoms with Gasteiger partial charge < -0.3 is 10.2 Å². The zero-order valence-electron chi connectivity index (χ0n) is 8.27. The molecule has 1 saturated heterocycles. The molecule has 1 saturated carbocycles. The fraction of sp³-hybridized carbons (Fsp3) is 1.00. The maximum absolute atomic E-state index is 3.50. The molecule has 2 nitrogen and oxygen atoms in total. The van der Waals surface area contributed by atoms with E-state index < -0.39 is 0 Å². The van der Waals surface area contributed by atoms with Crippen molar-refractivity contribution in [3.63, 3.8) is 0 Å². The zero-order valence-corrected chi connectivity index (χ0v) is 8.27. The molecule has 2 rings (SSSR count). The molecule has 2 heteroatoms. The van der Waals surface area contributed by atoms with Gasteiger partial charge in [-0.05, 0) is 51.2 Å². The van der Waals surface area contributed by atoms with Gasteiger partial charge in [0.25, 0.3) is 0 Å². The molecule has 2 fully saturated rings. The molecule has 0 radical (unpaired) electrons. The summed E-state index contributed by atoms with van der Waals surface area (Å²) in [5.41, 5.74) is 0.713. The lowest BCUT2D eigenvalue weighted by Gasteiger charge is -2.48. The Labute approximate surface area is 75.3 Å². The Balaban J connectivity index is 1.91. The average molecular weight is 168 g/mol. The molecule has 0 bridgehead atoms. The van der Waals surface area contributed by atoms with Gasteiger partial charge in [0.1, 0.15) is 0 Å². The van der Waals surface area contributed by atoms with Crippen molar-refractivity contribution in [3.8, 4) is 0 Å². The van der Waals surface area contributed by atoms with E-state index in [9.17, 15) is 0 Å². The predicted molar refractivity (Wildman–Crippen MR) is 51.2 cm³/mol. The maximum atomic E-state index is 3.50. The third-order valence-electron chi connectivity index (χ3n) is 3.72. The van der Waals surface area contributed by atoms with Gasteiger partial charge in [-0.1, -0.05) is 0 Å². The molecule has 1 N–H and O–H groups in total. The van der Waals surface area contributed by atoms with E-state index in [1.54, 1.807) is 0 Å². The molecule has 2 unspecified atom stereocenters. The first-order valence-electron chi connectivity index (χ1n) is 5.08. The second kappa shape index (κ2) is 3.00. The minimum Gasteiger partial charge on any atom is -0.316 e. The van der Waals surface area contributed by atoms with Gasteiger partial charge in [-0.25, -0.2) is 0 Å². The molecule has 12 heavy (non-hydrogen) atoms. The highest BCUT2D eigenvalue weighted by Crippen LogP contribution is 2.50. The van der Waals surface area contributed by atoms with Crippen LogP contribution < -0.4 is 5.32 Å². The fourth-order valence-electron chi connectivity index (χ4n) is 2.81. The van der Waals surface area contributed by atoms with Crippen molar-refractivity contribution in [2.75, 3.05) is 33.7 Å². The summed E-state index contributed by atoms with van der Waals surface area (Å²) in [6.45, 7) is 3.83. The van der Waals surface area contributed by atoms with E-state index in [1.807, 2.05) is 0 Å². The highest BCUT2D eigenvalue weighted by atomic mass is 15.1. The third-order valence-corrected chi connectivity index (χ3v) is 3.72. The molecule has 0 amide bonds. The van der Waals surface area contributed by atoms with E-state index >= 15 is 0 Å². The minimum atomic E-state index is 0.713. The van der Waals surface area contributed by atoms with Crippen LogP contribution in [0.25, 0.3) is 0 Å². The van der Waals surface area contributed by atoms with E-state index in [4.69, 9.17) is 0 Å². The molecule has 1 aliphatic heterocycles. The first-order chi connectivity index (χ1) is 5.73. The third kappa shape index (κ3) is 1.27. The van der Waals surface area contributed by atoms with Gasteiger partial charge >= 0.3 is 0 Å². The van der Waals surface area contributed by atoms with Crippen molar-refractivity contribution in [2.24, 2.45) is 11.3 Å². The Bertz CT molecular complexity index is 159. The number of nitrogens with one attached hydrogen (secondary N) is 1. The quantitative estimate of drug-likeness (QED) is 0.660. The van der Waals surface area contributed by atoms with Crippen molar-refractivity contribution in [2.45, 2.75) is 19.3 Å². The summed E-state index contributed by atoms with van der Waals surface area (Å²) in [5.74, 6) is 0.975. The van der Waals surface area contributed by atoms with Crippen LogP contribution in [0.4, 0.5) is 0 Å². The molecule has 0 aromatic rings. The average Bonchev–Trinajstić information content (AvgIpc) is 2.48. The van der Waals surface area contributed by atoms with E-state index in [0.29, 0.717) is 5.41 Å². The van der Waals surface area contributed by atoms with Crippen LogP contribution in [0.1, 0.15) is 19.3 Å². The normalized spacial score (nSPS) is 40.8. The van der Waals surface area contributed by atoms with Crippen LogP contribution in [0.2, 0.25) is 0 Å². The van der Waals surface area contributed by atoms with Crippen molar-refractivity contribution < 1.29 is 0 Å². The Morgan fingerprint density at radius 1 is 1.42 bits per heavy atom. The molecular formula is C10H20N2. The fourth-order valence-corrected chi connectivity index (χ4v) is 2.81. The highest BCUT2D eigenvalue weighted by Gasteiger charge is 2.47. The lowest BCUT2D eigenvalue weighted by atomic mass is 9.59. The number of hydrogen-bond donors (Lipinski definition) is 1. The molecular weight excluding hydrogens is 148 g/mol. The first kappa shape index (κ1) is 8.52. The van der Waals surface area contributed by atoms with Crippen LogP contribution in [-0.2, 0) is 0 Å². The summed E-state index contributed by atoms with van der Waals surface area (Å²) in [7, 11) is 4.38. The molecule has 2 aliphatic rings. The SMILES string of the molecule is CN(C)CC1CCC12CCNC2. The van der Waals surface area contributed by atoms with E-state index in [0.717, 1.165) is 5.92 Å². The number of nitrogens with zero attached hydrogens (tertiary/aromatic N) is 1. The van der Waals surface area contributed by atoms with Crippen molar-refractivity contribution >= 4 is 0 Å². The Hall–Kier alpha value is -0.0800. The van der Waals surface area contributed by atoms with Gasteiger partial charge in [0, 0.05) is 13.1 Å². The predicted octanol–water partition coefficient (Wildman–Crippen LogP) is 0.938. The summed E-state index contributed by atoms with van der Waals surface area (Å²) < 4.78 is 0. The van der Waals surface area contributed by atoms with Gasteiger partial charge in [-0.2, -0.15) is 0 Å². The number of rotatable bonds is 2. The Morgan fingerprint density at radius 2 is 2.25 bits per heavy atom. The van der Waals surface area contributed by atoms with Crippen LogP contribution in [0.5, 0.6) is 0 Å². The van der Waals surface area contributed by atoms with E-state index in [2.05, 4.69) is 24.3 Å². The van der Waals surface area contributed by atoms with Crippen LogP contribution in [0, 0.1) is 11.3 Å². The second-order valence-corrected chi connectivity index (χ2v) is 4.79. The molecule has 0 aromatic heterocycles. The van der Waals surface area contributed by atoms with Crippen LogP contribution >= 0.6 is 0 Å². The van der Waals surface area contributed by atoms with Crippen molar-refractivity contribution in [1.29, 1.82) is 0 Å². The first-order valence-corrected chi connectivity index (χ1v) is 5.08. The summed E-state index contributed by atoms with van der Waals surface area (Å²) in [5, 5.41) is 3.50. The summed E-state index contributed by atoms with van der Waals surface area (Å²) in [6, 6.07) is 0. The Morgan fingerprint density at radius 3 is 2.67 bits per heavy atom. The lowest BCUT2D eigenvalue weighted by Crippen LogP contribution is -2.46. The summed E-state index contributed by atoms with van der Waals surface area (Å²) in [6.07, 6.45) is 4.35. The molecule has 1 aliphatic carbocycles. The molecule has 2 atom stereocenters. The standard InChI is InChI=1S/C10H20N2/c1-12(2)7-9-3-4-10(9)5-6-11-8-10/h9,11H,3-8H2,1-2H3. The van der Waals surface area contributed by atoms with Gasteiger partial charge in [-0.15, -0.1) is 0 Å². The number of hydrogen-bond acceptors (Lipinski definition) is 2. The minimum absolute atomic E-state index is 0.713. The zero-order chi connectivity index (χ0) is 8.60. The lowest BCUT2D eigenvalue weighted by molar-refractivity contribution is 0.0315. The van der Waals surface area contributed by atoms with Crippen LogP contribution in [-0.4, -0.2) is 38.6 Å². The largest absolute Gasteiger partial charge is 0.316 e. The van der Waals surface area contributed by atoms with Gasteiger partial charge in [0.2, 0.25) is 0 Å². The summed E-state index contributed by atoms with van der Waals surface area (Å²) in [4.78, 5) is 2.34. The molecule has 1 heterocycles. The molecule has 1 spiro atoms. The van der Waals surface area contributed by atoms with E-state index in [-0.39, 0.29) is 0 Å². The molecule has 70 valence electrons. The van der Waals surface area contributed by atoms with Gasteiger partial charge in [-0.3, -0.25) is 0 Å². The van der Waals surface area contributed by atoms with Crippen LogP contribution in [0.15, 0.2) is 0 Å². The molecule has 0 aromatic carbocycles. The van der Waals surface area contributed by atoms with E-state index in [1.165, 1.54) is 38.9 Å². The maximum Gasteiger partial charge on any atom is 0.00114 e. The second-order valence-electron chi connectivity index (χ2n) is 4.79. The monoisotopic (exact) mass is 168 g/mol. The van der Waals surface area contributed by atoms with Crippen molar-refractivity contribution in [1.82, 2.24) is 10.2 Å². The smallest absolute Gasteiger partial charge is 0.00114 e. The Kier molecular flexibility index (Phi) is 2.13. The highest BCUT2D eigenvalue weighted by molar-refractivity contribution is 5.01. The van der Waals surface area contributed by atoms with Crippen molar-refractivity contribution in [3.05, 3.63) is 0 Å². The van der Waals surface area contributed by atoms with Crippen LogP contribution in [0.3, 0.4) is 0 Å². The summed E-state index contributed by atoms with van der Waals surface area (Å²) >= 11 is 0.